The third kappa shape index (κ3) is 5.25. The summed E-state index contributed by atoms with van der Waals surface area (Å²) >= 11 is 0. The molecular weight excluding hydrogens is 420 g/mol. The number of carbonyl (C=O) groups is 1. The van der Waals surface area contributed by atoms with Crippen molar-refractivity contribution in [3.05, 3.63) is 89.0 Å². The van der Waals surface area contributed by atoms with Crippen molar-refractivity contribution < 1.29 is 14.3 Å². The lowest BCUT2D eigenvalue weighted by atomic mass is 9.79. The van der Waals surface area contributed by atoms with Gasteiger partial charge >= 0.3 is 5.97 Å². The molecule has 0 bridgehead atoms. The second-order valence-electron chi connectivity index (χ2n) is 9.72. The molecule has 0 aliphatic heterocycles. The minimum atomic E-state index is -0.382. The average molecular weight is 455 g/mol. The van der Waals surface area contributed by atoms with Crippen LogP contribution in [0, 0.1) is 12.8 Å². The first-order valence-corrected chi connectivity index (χ1v) is 12.2. The molecule has 1 atom stereocenters. The summed E-state index contributed by atoms with van der Waals surface area (Å²) in [6, 6.07) is 16.2. The standard InChI is InChI=1S/C31H34O3/c1-20(2)10-9-11-23-15-17-26-28(19-23)30(34-31(32)21(3)4)25-16-14-22(5)18-27(25)29(26)33-24-12-7-6-8-13-24/h6-8,10,12-14,16,18,23H,3,9,11,15,17,19H2,1-2,4-5H3. The molecule has 4 rings (SSSR count). The summed E-state index contributed by atoms with van der Waals surface area (Å²) in [5.41, 5.74) is 5.15. The number of carbonyl (C=O) groups excluding carboxylic acids is 1. The molecular formula is C31H34O3. The summed E-state index contributed by atoms with van der Waals surface area (Å²) in [6.07, 6.45) is 7.38. The Balaban J connectivity index is 1.86. The van der Waals surface area contributed by atoms with E-state index in [1.807, 2.05) is 30.3 Å². The van der Waals surface area contributed by atoms with Crippen molar-refractivity contribution in [2.75, 3.05) is 0 Å². The van der Waals surface area contributed by atoms with Gasteiger partial charge in [0.25, 0.3) is 0 Å². The smallest absolute Gasteiger partial charge is 0.338 e. The molecule has 0 saturated carbocycles. The van der Waals surface area contributed by atoms with Crippen LogP contribution >= 0.6 is 0 Å². The Kier molecular flexibility index (Phi) is 7.21. The maximum atomic E-state index is 12.7. The quantitative estimate of drug-likeness (QED) is 0.156. The lowest BCUT2D eigenvalue weighted by Crippen LogP contribution is -2.19. The highest BCUT2D eigenvalue weighted by Crippen LogP contribution is 2.47. The molecule has 0 aromatic heterocycles. The highest BCUT2D eigenvalue weighted by atomic mass is 16.5. The monoisotopic (exact) mass is 454 g/mol. The van der Waals surface area contributed by atoms with E-state index in [1.165, 1.54) is 5.57 Å². The van der Waals surface area contributed by atoms with Gasteiger partial charge in [-0.15, -0.1) is 0 Å². The zero-order valence-corrected chi connectivity index (χ0v) is 20.7. The van der Waals surface area contributed by atoms with Gasteiger partial charge in [0.15, 0.2) is 0 Å². The van der Waals surface area contributed by atoms with Crippen molar-refractivity contribution in [2.45, 2.75) is 59.8 Å². The van der Waals surface area contributed by atoms with Crippen LogP contribution in [0.3, 0.4) is 0 Å². The number of aryl methyl sites for hydroxylation is 1. The van der Waals surface area contributed by atoms with Crippen molar-refractivity contribution in [3.63, 3.8) is 0 Å². The molecule has 3 aromatic carbocycles. The molecule has 0 saturated heterocycles. The summed E-state index contributed by atoms with van der Waals surface area (Å²) in [6.45, 7) is 11.9. The van der Waals surface area contributed by atoms with Crippen LogP contribution in [0.15, 0.2) is 72.3 Å². The van der Waals surface area contributed by atoms with Crippen LogP contribution in [0.2, 0.25) is 0 Å². The highest BCUT2D eigenvalue weighted by Gasteiger charge is 2.29. The van der Waals surface area contributed by atoms with Gasteiger partial charge in [0.05, 0.1) is 0 Å². The van der Waals surface area contributed by atoms with Gasteiger partial charge in [-0.25, -0.2) is 4.79 Å². The summed E-state index contributed by atoms with van der Waals surface area (Å²) in [5.74, 6) is 2.53. The first-order valence-electron chi connectivity index (χ1n) is 12.2. The predicted molar refractivity (Wildman–Crippen MR) is 140 cm³/mol. The molecule has 0 fully saturated rings. The maximum absolute atomic E-state index is 12.7. The summed E-state index contributed by atoms with van der Waals surface area (Å²) in [4.78, 5) is 12.7. The minimum absolute atomic E-state index is 0.382. The SMILES string of the molecule is C=C(C)C(=O)Oc1c2c(c(Oc3ccccc3)c3cc(C)ccc13)CCC(CCC=C(C)C)C2. The number of benzene rings is 3. The van der Waals surface area contributed by atoms with E-state index in [9.17, 15) is 4.79 Å². The number of rotatable bonds is 7. The first kappa shape index (κ1) is 23.8. The fourth-order valence-electron chi connectivity index (χ4n) is 4.74. The largest absolute Gasteiger partial charge is 0.456 e. The van der Waals surface area contributed by atoms with E-state index in [0.717, 1.165) is 71.1 Å². The normalized spacial score (nSPS) is 14.9. The molecule has 0 N–H and O–H groups in total. The van der Waals surface area contributed by atoms with Gasteiger partial charge in [-0.2, -0.15) is 0 Å². The Morgan fingerprint density at radius 1 is 1.03 bits per heavy atom. The third-order valence-electron chi connectivity index (χ3n) is 6.51. The average Bonchev–Trinajstić information content (AvgIpc) is 2.81. The van der Waals surface area contributed by atoms with Gasteiger partial charge in [0.1, 0.15) is 17.2 Å². The number of fused-ring (bicyclic) bond motifs is 2. The van der Waals surface area contributed by atoms with Gasteiger partial charge in [0.2, 0.25) is 0 Å². The molecule has 3 aromatic rings. The van der Waals surface area contributed by atoms with Crippen LogP contribution in [0.5, 0.6) is 17.2 Å². The Labute approximate surface area is 203 Å². The van der Waals surface area contributed by atoms with E-state index in [0.29, 0.717) is 17.2 Å². The van der Waals surface area contributed by atoms with Crippen LogP contribution in [-0.2, 0) is 17.6 Å². The molecule has 1 unspecified atom stereocenters. The van der Waals surface area contributed by atoms with Crippen LogP contribution in [-0.4, -0.2) is 5.97 Å². The minimum Gasteiger partial charge on any atom is -0.456 e. The molecule has 0 amide bonds. The predicted octanol–water partition coefficient (Wildman–Crippen LogP) is 8.27. The Bertz CT molecular complexity index is 1250. The zero-order chi connectivity index (χ0) is 24.2. The lowest BCUT2D eigenvalue weighted by molar-refractivity contribution is -0.130. The molecule has 3 heteroatoms. The topological polar surface area (TPSA) is 35.5 Å². The second-order valence-corrected chi connectivity index (χ2v) is 9.72. The lowest BCUT2D eigenvalue weighted by Gasteiger charge is -2.29. The summed E-state index contributed by atoms with van der Waals surface area (Å²) in [7, 11) is 0. The molecule has 1 aliphatic rings. The fraction of sp³-hybridized carbons (Fsp3) is 0.323. The third-order valence-corrected chi connectivity index (χ3v) is 6.51. The number of esters is 1. The van der Waals surface area contributed by atoms with Gasteiger partial charge < -0.3 is 9.47 Å². The summed E-state index contributed by atoms with van der Waals surface area (Å²) < 4.78 is 12.6. The first-order chi connectivity index (χ1) is 16.3. The van der Waals surface area contributed by atoms with Crippen molar-refractivity contribution in [2.24, 2.45) is 5.92 Å². The molecule has 0 radical (unpaired) electrons. The number of hydrogen-bond donors (Lipinski definition) is 0. The van der Waals surface area contributed by atoms with Gasteiger partial charge in [-0.1, -0.05) is 54.1 Å². The van der Waals surface area contributed by atoms with E-state index in [1.54, 1.807) is 6.92 Å². The van der Waals surface area contributed by atoms with E-state index in [2.05, 4.69) is 51.6 Å². The van der Waals surface area contributed by atoms with Gasteiger partial charge in [-0.3, -0.25) is 0 Å². The molecule has 34 heavy (non-hydrogen) atoms. The van der Waals surface area contributed by atoms with Gasteiger partial charge in [-0.05, 0) is 83.9 Å². The van der Waals surface area contributed by atoms with Gasteiger partial charge in [0, 0.05) is 27.5 Å². The Morgan fingerprint density at radius 2 is 1.79 bits per heavy atom. The highest BCUT2D eigenvalue weighted by molar-refractivity contribution is 6.00. The van der Waals surface area contributed by atoms with Crippen LogP contribution in [0.4, 0.5) is 0 Å². The number of para-hydroxylation sites is 1. The molecule has 1 aliphatic carbocycles. The van der Waals surface area contributed by atoms with Crippen LogP contribution in [0.25, 0.3) is 10.8 Å². The van der Waals surface area contributed by atoms with Crippen molar-refractivity contribution in [3.8, 4) is 17.2 Å². The summed E-state index contributed by atoms with van der Waals surface area (Å²) in [5, 5.41) is 1.89. The molecule has 3 nitrogen and oxygen atoms in total. The number of ether oxygens (including phenoxy) is 2. The van der Waals surface area contributed by atoms with E-state index in [-0.39, 0.29) is 5.97 Å². The van der Waals surface area contributed by atoms with Crippen molar-refractivity contribution in [1.82, 2.24) is 0 Å². The molecule has 176 valence electrons. The van der Waals surface area contributed by atoms with E-state index >= 15 is 0 Å². The fourth-order valence-corrected chi connectivity index (χ4v) is 4.74. The van der Waals surface area contributed by atoms with E-state index < -0.39 is 0 Å². The van der Waals surface area contributed by atoms with Crippen LogP contribution < -0.4 is 9.47 Å². The zero-order valence-electron chi connectivity index (χ0n) is 20.7. The number of allylic oxidation sites excluding steroid dienone is 2. The van der Waals surface area contributed by atoms with Crippen molar-refractivity contribution in [1.29, 1.82) is 0 Å². The van der Waals surface area contributed by atoms with Crippen LogP contribution in [0.1, 0.15) is 56.7 Å². The second kappa shape index (κ2) is 10.3. The maximum Gasteiger partial charge on any atom is 0.338 e. The van der Waals surface area contributed by atoms with E-state index in [4.69, 9.17) is 9.47 Å². The molecule has 0 spiro atoms. The molecule has 0 heterocycles. The Morgan fingerprint density at radius 3 is 2.50 bits per heavy atom. The Hall–Kier alpha value is -3.33. The number of hydrogen-bond acceptors (Lipinski definition) is 3. The van der Waals surface area contributed by atoms with Crippen molar-refractivity contribution >= 4 is 16.7 Å².